The van der Waals surface area contributed by atoms with Crippen molar-refractivity contribution in [2.75, 3.05) is 11.2 Å². The van der Waals surface area contributed by atoms with Gasteiger partial charge in [0.05, 0.1) is 11.0 Å². The molecule has 1 N–H and O–H groups in total. The van der Waals surface area contributed by atoms with Gasteiger partial charge in [-0.25, -0.2) is 9.78 Å². The molecule has 0 aliphatic carbocycles. The number of nitrogens with zero attached hydrogens (tertiary/aromatic N) is 2. The molecule has 0 fully saturated rings. The summed E-state index contributed by atoms with van der Waals surface area (Å²) in [6.45, 7) is 5.98. The topological polar surface area (TPSA) is 56.1 Å². The number of hydrogen-bond donors (Lipinski definition) is 1. The van der Waals surface area contributed by atoms with Gasteiger partial charge in [-0.1, -0.05) is 15.9 Å². The molecule has 0 aliphatic heterocycles. The van der Waals surface area contributed by atoms with Crippen LogP contribution in [0.25, 0.3) is 11.0 Å². The average molecular weight is 375 g/mol. The fourth-order valence-electron chi connectivity index (χ4n) is 1.90. The zero-order chi connectivity index (χ0) is 15.6. The fourth-order valence-corrected chi connectivity index (χ4v) is 2.42. The van der Waals surface area contributed by atoms with Gasteiger partial charge < -0.3 is 9.30 Å². The highest BCUT2D eigenvalue weighted by atomic mass is 79.9. The van der Waals surface area contributed by atoms with Crippen molar-refractivity contribution in [3.05, 3.63) is 22.7 Å². The molecule has 0 radical (unpaired) electrons. The van der Waals surface area contributed by atoms with E-state index in [9.17, 15) is 4.79 Å². The van der Waals surface area contributed by atoms with Gasteiger partial charge in [0, 0.05) is 16.9 Å². The van der Waals surface area contributed by atoms with E-state index in [1.165, 1.54) is 0 Å². The highest BCUT2D eigenvalue weighted by Gasteiger charge is 2.19. The molecule has 1 amide bonds. The molecule has 0 saturated carbocycles. The first kappa shape index (κ1) is 16.1. The van der Waals surface area contributed by atoms with E-state index in [0.29, 0.717) is 18.4 Å². The quantitative estimate of drug-likeness (QED) is 0.811. The van der Waals surface area contributed by atoms with Crippen molar-refractivity contribution >= 4 is 50.6 Å². The molecule has 0 aliphatic rings. The number of halogens is 2. The number of anilines is 1. The van der Waals surface area contributed by atoms with Crippen LogP contribution in [0.15, 0.2) is 22.7 Å². The summed E-state index contributed by atoms with van der Waals surface area (Å²) >= 11 is 9.25. The maximum Gasteiger partial charge on any atom is 0.414 e. The Balaban J connectivity index is 2.34. The van der Waals surface area contributed by atoms with Crippen LogP contribution in [0, 0.1) is 0 Å². The number of fused-ring (bicyclic) bond motifs is 1. The molecule has 114 valence electrons. The third-order valence-corrected chi connectivity index (χ3v) is 3.29. The van der Waals surface area contributed by atoms with Gasteiger partial charge in [0.2, 0.25) is 5.95 Å². The molecule has 2 rings (SSSR count). The zero-order valence-corrected chi connectivity index (χ0v) is 14.5. The first-order valence-corrected chi connectivity index (χ1v) is 7.84. The third-order valence-electron chi connectivity index (χ3n) is 2.63. The summed E-state index contributed by atoms with van der Waals surface area (Å²) in [5.74, 6) is 0.850. The van der Waals surface area contributed by atoms with Crippen LogP contribution in [0.3, 0.4) is 0 Å². The summed E-state index contributed by atoms with van der Waals surface area (Å²) in [5, 5.41) is 2.68. The van der Waals surface area contributed by atoms with E-state index in [1.807, 2.05) is 43.5 Å². The van der Waals surface area contributed by atoms with Crippen LogP contribution in [-0.2, 0) is 11.3 Å². The number of aryl methyl sites for hydroxylation is 1. The molecule has 1 aromatic heterocycles. The number of ether oxygens (including phenoxy) is 1. The van der Waals surface area contributed by atoms with E-state index >= 15 is 0 Å². The Morgan fingerprint density at radius 3 is 2.81 bits per heavy atom. The van der Waals surface area contributed by atoms with Gasteiger partial charge in [0.15, 0.2) is 0 Å². The Bertz CT molecular complexity index is 664. The minimum atomic E-state index is -0.559. The van der Waals surface area contributed by atoms with E-state index in [0.717, 1.165) is 15.5 Å². The van der Waals surface area contributed by atoms with Crippen molar-refractivity contribution in [3.8, 4) is 0 Å². The van der Waals surface area contributed by atoms with Crippen molar-refractivity contribution in [3.63, 3.8) is 0 Å². The fraction of sp³-hybridized carbons (Fsp3) is 0.429. The molecule has 0 saturated heterocycles. The highest BCUT2D eigenvalue weighted by molar-refractivity contribution is 9.10. The molecule has 0 unspecified atom stereocenters. The maximum atomic E-state index is 11.9. The average Bonchev–Trinajstić information content (AvgIpc) is 2.64. The lowest BCUT2D eigenvalue weighted by molar-refractivity contribution is 0.0634. The lowest BCUT2D eigenvalue weighted by Crippen LogP contribution is -2.28. The van der Waals surface area contributed by atoms with Crippen LogP contribution in [0.5, 0.6) is 0 Å². The summed E-state index contributed by atoms with van der Waals surface area (Å²) in [7, 11) is 0. The molecule has 7 heteroatoms. The van der Waals surface area contributed by atoms with E-state index in [1.54, 1.807) is 0 Å². The largest absolute Gasteiger partial charge is 0.444 e. The standard InChI is InChI=1S/C14H17BrClN3O2/c1-14(2,3)21-13(20)18-12-17-10-8-9(15)4-5-11(10)19(12)7-6-16/h4-5,8H,6-7H2,1-3H3,(H,17,18,20). The minimum absolute atomic E-state index is 0.421. The summed E-state index contributed by atoms with van der Waals surface area (Å²) in [6, 6.07) is 5.74. The predicted molar refractivity (Wildman–Crippen MR) is 88.0 cm³/mol. The van der Waals surface area contributed by atoms with Crippen LogP contribution < -0.4 is 5.32 Å². The van der Waals surface area contributed by atoms with E-state index in [-0.39, 0.29) is 0 Å². The molecule has 2 aromatic rings. The number of alkyl halides is 1. The molecular weight excluding hydrogens is 358 g/mol. The van der Waals surface area contributed by atoms with Gasteiger partial charge >= 0.3 is 6.09 Å². The van der Waals surface area contributed by atoms with Gasteiger partial charge in [-0.05, 0) is 39.0 Å². The van der Waals surface area contributed by atoms with Gasteiger partial charge in [-0.2, -0.15) is 0 Å². The molecular formula is C14H17BrClN3O2. The van der Waals surface area contributed by atoms with E-state index < -0.39 is 11.7 Å². The van der Waals surface area contributed by atoms with Crippen LogP contribution in [0.2, 0.25) is 0 Å². The van der Waals surface area contributed by atoms with Gasteiger partial charge in [0.1, 0.15) is 5.60 Å². The lowest BCUT2D eigenvalue weighted by atomic mass is 10.2. The Morgan fingerprint density at radius 1 is 1.48 bits per heavy atom. The molecule has 1 heterocycles. The lowest BCUT2D eigenvalue weighted by Gasteiger charge is -2.19. The van der Waals surface area contributed by atoms with Crippen LogP contribution in [0.4, 0.5) is 10.7 Å². The molecule has 21 heavy (non-hydrogen) atoms. The monoisotopic (exact) mass is 373 g/mol. The highest BCUT2D eigenvalue weighted by Crippen LogP contribution is 2.24. The van der Waals surface area contributed by atoms with Crippen molar-refractivity contribution < 1.29 is 9.53 Å². The first-order valence-electron chi connectivity index (χ1n) is 6.52. The third kappa shape index (κ3) is 4.11. The first-order chi connectivity index (χ1) is 9.80. The minimum Gasteiger partial charge on any atom is -0.444 e. The number of aromatic nitrogens is 2. The van der Waals surface area contributed by atoms with Gasteiger partial charge in [0.25, 0.3) is 0 Å². The molecule has 1 aromatic carbocycles. The van der Waals surface area contributed by atoms with Crippen molar-refractivity contribution in [2.24, 2.45) is 0 Å². The number of carbonyl (C=O) groups is 1. The maximum absolute atomic E-state index is 11.9. The van der Waals surface area contributed by atoms with E-state index in [2.05, 4.69) is 26.2 Å². The smallest absolute Gasteiger partial charge is 0.414 e. The Hall–Kier alpha value is -1.27. The Morgan fingerprint density at radius 2 is 2.19 bits per heavy atom. The second-order valence-electron chi connectivity index (χ2n) is 5.54. The second kappa shape index (κ2) is 6.23. The number of rotatable bonds is 3. The number of imidazole rings is 1. The number of hydrogen-bond acceptors (Lipinski definition) is 3. The van der Waals surface area contributed by atoms with E-state index in [4.69, 9.17) is 16.3 Å². The summed E-state index contributed by atoms with van der Waals surface area (Å²) in [6.07, 6.45) is -0.535. The van der Waals surface area contributed by atoms with Crippen molar-refractivity contribution in [2.45, 2.75) is 32.9 Å². The predicted octanol–water partition coefficient (Wildman–Crippen LogP) is 4.38. The molecule has 5 nitrogen and oxygen atoms in total. The summed E-state index contributed by atoms with van der Waals surface area (Å²) < 4.78 is 8.03. The van der Waals surface area contributed by atoms with Crippen LogP contribution in [0.1, 0.15) is 20.8 Å². The van der Waals surface area contributed by atoms with Crippen LogP contribution >= 0.6 is 27.5 Å². The van der Waals surface area contributed by atoms with Crippen molar-refractivity contribution in [1.29, 1.82) is 0 Å². The Labute approximate surface area is 136 Å². The summed E-state index contributed by atoms with van der Waals surface area (Å²) in [4.78, 5) is 16.3. The molecule has 0 atom stereocenters. The number of benzene rings is 1. The van der Waals surface area contributed by atoms with Gasteiger partial charge in [-0.3, -0.25) is 5.32 Å². The van der Waals surface area contributed by atoms with Gasteiger partial charge in [-0.15, -0.1) is 11.6 Å². The zero-order valence-electron chi connectivity index (χ0n) is 12.1. The van der Waals surface area contributed by atoms with Crippen LogP contribution in [-0.4, -0.2) is 27.1 Å². The Kier molecular flexibility index (Phi) is 4.78. The number of nitrogens with one attached hydrogen (secondary N) is 1. The van der Waals surface area contributed by atoms with Crippen molar-refractivity contribution in [1.82, 2.24) is 9.55 Å². The normalized spacial score (nSPS) is 11.7. The SMILES string of the molecule is CC(C)(C)OC(=O)Nc1nc2cc(Br)ccc2n1CCCl. The second-order valence-corrected chi connectivity index (χ2v) is 6.83. The number of carbonyl (C=O) groups excluding carboxylic acids is 1. The number of amides is 1. The molecule has 0 spiro atoms. The summed E-state index contributed by atoms with van der Waals surface area (Å²) in [5.41, 5.74) is 1.13. The molecule has 0 bridgehead atoms.